The lowest BCUT2D eigenvalue weighted by atomic mass is 10.1. The van der Waals surface area contributed by atoms with Crippen molar-refractivity contribution in [2.75, 3.05) is 19.6 Å². The van der Waals surface area contributed by atoms with E-state index in [1.54, 1.807) is 11.3 Å². The minimum absolute atomic E-state index is 0.102. The van der Waals surface area contributed by atoms with Crippen molar-refractivity contribution >= 4 is 33.3 Å². The molecule has 1 N–H and O–H groups in total. The molecule has 1 atom stereocenters. The SMILES string of the molecule is C[C@H]1C(=O)N(CC(=O)O)CCN1Cc1cc2ccccc2s1. The Balaban J connectivity index is 1.71. The van der Waals surface area contributed by atoms with Crippen molar-refractivity contribution in [3.05, 3.63) is 35.2 Å². The van der Waals surface area contributed by atoms with Gasteiger partial charge in [0.1, 0.15) is 6.54 Å². The van der Waals surface area contributed by atoms with Gasteiger partial charge in [0, 0.05) is 29.2 Å². The summed E-state index contributed by atoms with van der Waals surface area (Å²) in [6.07, 6.45) is 0. The predicted octanol–water partition coefficient (Wildman–Crippen LogP) is 2.02. The van der Waals surface area contributed by atoms with Gasteiger partial charge in [-0.3, -0.25) is 14.5 Å². The van der Waals surface area contributed by atoms with Crippen LogP contribution >= 0.6 is 11.3 Å². The zero-order chi connectivity index (χ0) is 15.7. The molecule has 5 nitrogen and oxygen atoms in total. The van der Waals surface area contributed by atoms with Crippen LogP contribution in [0.25, 0.3) is 10.1 Å². The maximum Gasteiger partial charge on any atom is 0.323 e. The van der Waals surface area contributed by atoms with Crippen molar-refractivity contribution in [1.82, 2.24) is 9.80 Å². The van der Waals surface area contributed by atoms with Crippen LogP contribution in [0.3, 0.4) is 0 Å². The summed E-state index contributed by atoms with van der Waals surface area (Å²) in [6, 6.07) is 10.1. The quantitative estimate of drug-likeness (QED) is 0.937. The molecule has 1 aliphatic rings. The Morgan fingerprint density at radius 2 is 2.14 bits per heavy atom. The minimum atomic E-state index is -0.960. The lowest BCUT2D eigenvalue weighted by molar-refractivity contribution is -0.150. The summed E-state index contributed by atoms with van der Waals surface area (Å²) in [5.74, 6) is -1.06. The summed E-state index contributed by atoms with van der Waals surface area (Å²) in [4.78, 5) is 27.8. The number of hydrogen-bond acceptors (Lipinski definition) is 4. The second-order valence-corrected chi connectivity index (χ2v) is 6.72. The second-order valence-electron chi connectivity index (χ2n) is 5.55. The Labute approximate surface area is 132 Å². The number of benzene rings is 1. The van der Waals surface area contributed by atoms with Gasteiger partial charge >= 0.3 is 5.97 Å². The van der Waals surface area contributed by atoms with Crippen molar-refractivity contribution in [3.8, 4) is 0 Å². The highest BCUT2D eigenvalue weighted by molar-refractivity contribution is 7.19. The molecule has 0 bridgehead atoms. The van der Waals surface area contributed by atoms with Gasteiger partial charge in [-0.25, -0.2) is 0 Å². The number of hydrogen-bond donors (Lipinski definition) is 1. The number of piperazine rings is 1. The van der Waals surface area contributed by atoms with Crippen LogP contribution in [0.4, 0.5) is 0 Å². The van der Waals surface area contributed by atoms with Crippen molar-refractivity contribution < 1.29 is 14.7 Å². The summed E-state index contributed by atoms with van der Waals surface area (Å²) in [7, 11) is 0. The van der Waals surface area contributed by atoms with Crippen LogP contribution in [-0.2, 0) is 16.1 Å². The predicted molar refractivity (Wildman–Crippen MR) is 85.9 cm³/mol. The maximum absolute atomic E-state index is 12.3. The first kappa shape index (κ1) is 15.0. The Bertz CT molecular complexity index is 679. The van der Waals surface area contributed by atoms with Crippen LogP contribution in [0.2, 0.25) is 0 Å². The van der Waals surface area contributed by atoms with Gasteiger partial charge < -0.3 is 10.0 Å². The van der Waals surface area contributed by atoms with Gasteiger partial charge in [0.15, 0.2) is 0 Å². The molecule has 1 aromatic heterocycles. The van der Waals surface area contributed by atoms with Gasteiger partial charge in [0.05, 0.1) is 6.04 Å². The lowest BCUT2D eigenvalue weighted by Crippen LogP contribution is -2.56. The first-order chi connectivity index (χ1) is 10.5. The van der Waals surface area contributed by atoms with Crippen LogP contribution in [0.5, 0.6) is 0 Å². The highest BCUT2D eigenvalue weighted by Crippen LogP contribution is 2.27. The van der Waals surface area contributed by atoms with Gasteiger partial charge in [-0.1, -0.05) is 18.2 Å². The molecule has 0 saturated carbocycles. The Morgan fingerprint density at radius 3 is 2.86 bits per heavy atom. The monoisotopic (exact) mass is 318 g/mol. The average molecular weight is 318 g/mol. The zero-order valence-corrected chi connectivity index (χ0v) is 13.2. The number of carbonyl (C=O) groups excluding carboxylic acids is 1. The molecule has 1 fully saturated rings. The average Bonchev–Trinajstić information content (AvgIpc) is 2.89. The van der Waals surface area contributed by atoms with Crippen LogP contribution in [-0.4, -0.2) is 52.5 Å². The third-order valence-electron chi connectivity index (χ3n) is 4.04. The van der Waals surface area contributed by atoms with E-state index in [0.29, 0.717) is 13.1 Å². The van der Waals surface area contributed by atoms with Crippen LogP contribution in [0.1, 0.15) is 11.8 Å². The van der Waals surface area contributed by atoms with Crippen LogP contribution < -0.4 is 0 Å². The van der Waals surface area contributed by atoms with Crippen molar-refractivity contribution in [2.45, 2.75) is 19.5 Å². The number of nitrogens with zero attached hydrogens (tertiary/aromatic N) is 2. The van der Waals surface area contributed by atoms with Crippen molar-refractivity contribution in [3.63, 3.8) is 0 Å². The number of fused-ring (bicyclic) bond motifs is 1. The Kier molecular flexibility index (Phi) is 4.13. The number of carboxylic acid groups (broad SMARTS) is 1. The molecule has 2 aromatic rings. The van der Waals surface area contributed by atoms with Gasteiger partial charge in [-0.15, -0.1) is 11.3 Å². The third-order valence-corrected chi connectivity index (χ3v) is 5.14. The highest BCUT2D eigenvalue weighted by atomic mass is 32.1. The first-order valence-electron chi connectivity index (χ1n) is 7.26. The van der Waals surface area contributed by atoms with E-state index in [0.717, 1.165) is 6.54 Å². The van der Waals surface area contributed by atoms with Gasteiger partial charge in [-0.05, 0) is 24.4 Å². The molecule has 0 radical (unpaired) electrons. The number of carbonyl (C=O) groups is 2. The molecule has 1 aliphatic heterocycles. The highest BCUT2D eigenvalue weighted by Gasteiger charge is 2.32. The van der Waals surface area contributed by atoms with E-state index in [2.05, 4.69) is 23.1 Å². The molecule has 22 heavy (non-hydrogen) atoms. The van der Waals surface area contributed by atoms with E-state index in [-0.39, 0.29) is 18.5 Å². The summed E-state index contributed by atoms with van der Waals surface area (Å²) in [5.41, 5.74) is 0. The molecule has 3 rings (SSSR count). The molecule has 0 aliphatic carbocycles. The fourth-order valence-electron chi connectivity index (χ4n) is 2.82. The molecule has 116 valence electrons. The first-order valence-corrected chi connectivity index (χ1v) is 8.08. The Morgan fingerprint density at radius 1 is 1.36 bits per heavy atom. The normalized spacial score (nSPS) is 19.8. The van der Waals surface area contributed by atoms with E-state index in [1.165, 1.54) is 19.9 Å². The molecule has 6 heteroatoms. The standard InChI is InChI=1S/C16H18N2O3S/c1-11-16(21)18(10-15(19)20)7-6-17(11)9-13-8-12-4-2-3-5-14(12)22-13/h2-5,8,11H,6-7,9-10H2,1H3,(H,19,20)/t11-/m0/s1. The largest absolute Gasteiger partial charge is 0.480 e. The van der Waals surface area contributed by atoms with Crippen LogP contribution in [0.15, 0.2) is 30.3 Å². The number of amides is 1. The molecular formula is C16H18N2O3S. The fourth-order valence-corrected chi connectivity index (χ4v) is 3.91. The summed E-state index contributed by atoms with van der Waals surface area (Å²) in [6.45, 7) is 3.55. The number of rotatable bonds is 4. The van der Waals surface area contributed by atoms with Gasteiger partial charge in [0.25, 0.3) is 0 Å². The molecular weight excluding hydrogens is 300 g/mol. The second kappa shape index (κ2) is 6.06. The zero-order valence-electron chi connectivity index (χ0n) is 12.4. The topological polar surface area (TPSA) is 60.9 Å². The van der Waals surface area contributed by atoms with E-state index in [9.17, 15) is 9.59 Å². The summed E-state index contributed by atoms with van der Waals surface area (Å²) >= 11 is 1.74. The molecule has 1 aromatic carbocycles. The molecule has 1 saturated heterocycles. The molecule has 1 amide bonds. The fraction of sp³-hybridized carbons (Fsp3) is 0.375. The summed E-state index contributed by atoms with van der Waals surface area (Å²) in [5, 5.41) is 10.1. The molecule has 2 heterocycles. The number of thiophene rings is 1. The minimum Gasteiger partial charge on any atom is -0.480 e. The van der Waals surface area contributed by atoms with Gasteiger partial charge in [-0.2, -0.15) is 0 Å². The number of carboxylic acids is 1. The third kappa shape index (κ3) is 2.98. The lowest BCUT2D eigenvalue weighted by Gasteiger charge is -2.38. The molecule has 0 unspecified atom stereocenters. The van der Waals surface area contributed by atoms with E-state index in [4.69, 9.17) is 5.11 Å². The van der Waals surface area contributed by atoms with E-state index >= 15 is 0 Å². The van der Waals surface area contributed by atoms with Gasteiger partial charge in [0.2, 0.25) is 5.91 Å². The van der Waals surface area contributed by atoms with E-state index < -0.39 is 5.97 Å². The van der Waals surface area contributed by atoms with Crippen molar-refractivity contribution in [2.24, 2.45) is 0 Å². The summed E-state index contributed by atoms with van der Waals surface area (Å²) < 4.78 is 1.25. The van der Waals surface area contributed by atoms with Crippen molar-refractivity contribution in [1.29, 1.82) is 0 Å². The van der Waals surface area contributed by atoms with E-state index in [1.807, 2.05) is 19.1 Å². The maximum atomic E-state index is 12.3. The van der Waals surface area contributed by atoms with Crippen LogP contribution in [0, 0.1) is 0 Å². The smallest absolute Gasteiger partial charge is 0.323 e. The molecule has 0 spiro atoms. The number of aliphatic carboxylic acids is 1. The Hall–Kier alpha value is -1.92.